The zero-order valence-corrected chi connectivity index (χ0v) is 14.1. The van der Waals surface area contributed by atoms with Crippen LogP contribution in [0.5, 0.6) is 11.5 Å². The van der Waals surface area contributed by atoms with E-state index in [9.17, 15) is 0 Å². The summed E-state index contributed by atoms with van der Waals surface area (Å²) in [6, 6.07) is 4.62. The standard InChI is InChI=1S/C18H27N3O2/c1-3-22-16-9-13-8-12(2)23-17(13)10-14(16)11-20-18(19)21-15-6-4-5-7-15/h9-10,12,15H,3-8,11H2,1-2H3,(H3,19,20,21). The Morgan fingerprint density at radius 1 is 1.39 bits per heavy atom. The lowest BCUT2D eigenvalue weighted by Crippen LogP contribution is -2.38. The van der Waals surface area contributed by atoms with E-state index in [2.05, 4.69) is 29.4 Å². The lowest BCUT2D eigenvalue weighted by atomic mass is 10.1. The van der Waals surface area contributed by atoms with Crippen molar-refractivity contribution in [3.63, 3.8) is 0 Å². The smallest absolute Gasteiger partial charge is 0.189 e. The molecule has 0 saturated heterocycles. The van der Waals surface area contributed by atoms with Gasteiger partial charge in [-0.05, 0) is 38.8 Å². The van der Waals surface area contributed by atoms with Crippen LogP contribution in [-0.2, 0) is 13.0 Å². The minimum Gasteiger partial charge on any atom is -0.494 e. The minimum absolute atomic E-state index is 0.229. The van der Waals surface area contributed by atoms with Crippen LogP contribution in [0.15, 0.2) is 17.1 Å². The molecule has 0 amide bonds. The number of guanidine groups is 1. The molecule has 1 heterocycles. The van der Waals surface area contributed by atoms with Gasteiger partial charge in [-0.2, -0.15) is 0 Å². The highest BCUT2D eigenvalue weighted by atomic mass is 16.5. The lowest BCUT2D eigenvalue weighted by molar-refractivity contribution is 0.254. The van der Waals surface area contributed by atoms with Crippen molar-refractivity contribution in [1.29, 1.82) is 0 Å². The summed E-state index contributed by atoms with van der Waals surface area (Å²) in [5.74, 6) is 2.36. The summed E-state index contributed by atoms with van der Waals surface area (Å²) >= 11 is 0. The molecule has 0 radical (unpaired) electrons. The van der Waals surface area contributed by atoms with Crippen molar-refractivity contribution in [1.82, 2.24) is 5.32 Å². The summed E-state index contributed by atoms with van der Waals surface area (Å²) in [7, 11) is 0. The Kier molecular flexibility index (Phi) is 4.94. The molecular formula is C18H27N3O2. The molecule has 1 fully saturated rings. The van der Waals surface area contributed by atoms with Gasteiger partial charge in [0.15, 0.2) is 5.96 Å². The van der Waals surface area contributed by atoms with Gasteiger partial charge in [0.2, 0.25) is 0 Å². The Morgan fingerprint density at radius 3 is 2.91 bits per heavy atom. The van der Waals surface area contributed by atoms with Crippen LogP contribution in [0.2, 0.25) is 0 Å². The summed E-state index contributed by atoms with van der Waals surface area (Å²) in [5, 5.41) is 3.32. The molecule has 1 aliphatic carbocycles. The molecule has 0 spiro atoms. The number of hydrogen-bond acceptors (Lipinski definition) is 3. The second-order valence-electron chi connectivity index (χ2n) is 6.46. The largest absolute Gasteiger partial charge is 0.494 e. The molecule has 126 valence electrons. The second-order valence-corrected chi connectivity index (χ2v) is 6.46. The molecule has 1 saturated carbocycles. The molecule has 1 aromatic rings. The van der Waals surface area contributed by atoms with Crippen molar-refractivity contribution in [3.8, 4) is 11.5 Å². The van der Waals surface area contributed by atoms with Crippen molar-refractivity contribution in [2.75, 3.05) is 6.61 Å². The van der Waals surface area contributed by atoms with Gasteiger partial charge in [0, 0.05) is 23.6 Å². The van der Waals surface area contributed by atoms with Gasteiger partial charge >= 0.3 is 0 Å². The molecule has 5 nitrogen and oxygen atoms in total. The minimum atomic E-state index is 0.229. The Bertz CT molecular complexity index is 580. The predicted molar refractivity (Wildman–Crippen MR) is 92.1 cm³/mol. The van der Waals surface area contributed by atoms with Crippen molar-refractivity contribution < 1.29 is 9.47 Å². The average Bonchev–Trinajstić information content (AvgIpc) is 3.13. The maximum absolute atomic E-state index is 6.03. The zero-order chi connectivity index (χ0) is 16.2. The first-order valence-electron chi connectivity index (χ1n) is 8.67. The maximum Gasteiger partial charge on any atom is 0.189 e. The van der Waals surface area contributed by atoms with E-state index in [4.69, 9.17) is 15.2 Å². The number of nitrogens with zero attached hydrogens (tertiary/aromatic N) is 1. The lowest BCUT2D eigenvalue weighted by Gasteiger charge is -2.14. The van der Waals surface area contributed by atoms with Gasteiger partial charge in [-0.3, -0.25) is 0 Å². The normalized spacial score (nSPS) is 21.1. The second kappa shape index (κ2) is 7.11. The van der Waals surface area contributed by atoms with E-state index >= 15 is 0 Å². The Labute approximate surface area is 138 Å². The van der Waals surface area contributed by atoms with Crippen LogP contribution < -0.4 is 20.5 Å². The van der Waals surface area contributed by atoms with Crippen LogP contribution in [0.1, 0.15) is 50.7 Å². The van der Waals surface area contributed by atoms with Gasteiger partial charge < -0.3 is 20.5 Å². The number of hydrogen-bond donors (Lipinski definition) is 2. The zero-order valence-electron chi connectivity index (χ0n) is 14.1. The molecule has 0 aromatic heterocycles. The molecule has 3 N–H and O–H groups in total. The molecule has 5 heteroatoms. The van der Waals surface area contributed by atoms with E-state index in [1.165, 1.54) is 31.2 Å². The summed E-state index contributed by atoms with van der Waals surface area (Å²) in [6.45, 7) is 5.23. The average molecular weight is 317 g/mol. The SMILES string of the molecule is CCOc1cc2c(cc1CN=C(N)NC1CCCC1)OC(C)C2. The highest BCUT2D eigenvalue weighted by molar-refractivity contribution is 5.78. The van der Waals surface area contributed by atoms with E-state index in [0.29, 0.717) is 25.2 Å². The van der Waals surface area contributed by atoms with Gasteiger partial charge in [0.25, 0.3) is 0 Å². The van der Waals surface area contributed by atoms with Gasteiger partial charge in [0.05, 0.1) is 13.2 Å². The first-order chi connectivity index (χ1) is 11.2. The maximum atomic E-state index is 6.03. The van der Waals surface area contributed by atoms with Crippen LogP contribution in [0.3, 0.4) is 0 Å². The van der Waals surface area contributed by atoms with Crippen LogP contribution in [0, 0.1) is 0 Å². The van der Waals surface area contributed by atoms with Crippen LogP contribution in [0.25, 0.3) is 0 Å². The quantitative estimate of drug-likeness (QED) is 0.647. The third-order valence-corrected chi connectivity index (χ3v) is 4.51. The highest BCUT2D eigenvalue weighted by Gasteiger charge is 2.22. The predicted octanol–water partition coefficient (Wildman–Crippen LogP) is 2.76. The summed E-state index contributed by atoms with van der Waals surface area (Å²) < 4.78 is 11.6. The fraction of sp³-hybridized carbons (Fsp3) is 0.611. The third kappa shape index (κ3) is 3.89. The number of rotatable bonds is 5. The fourth-order valence-electron chi connectivity index (χ4n) is 3.39. The van der Waals surface area contributed by atoms with E-state index in [-0.39, 0.29) is 6.10 Å². The van der Waals surface area contributed by atoms with Gasteiger partial charge in [-0.15, -0.1) is 0 Å². The molecule has 1 aliphatic heterocycles. The molecular weight excluding hydrogens is 290 g/mol. The van der Waals surface area contributed by atoms with Gasteiger partial charge in [0.1, 0.15) is 17.6 Å². The molecule has 2 aliphatic rings. The van der Waals surface area contributed by atoms with Crippen LogP contribution in [-0.4, -0.2) is 24.7 Å². The van der Waals surface area contributed by atoms with Gasteiger partial charge in [-0.25, -0.2) is 4.99 Å². The third-order valence-electron chi connectivity index (χ3n) is 4.51. The molecule has 1 unspecified atom stereocenters. The number of fused-ring (bicyclic) bond motifs is 1. The number of benzene rings is 1. The first kappa shape index (κ1) is 16.0. The number of nitrogens with one attached hydrogen (secondary N) is 1. The number of nitrogens with two attached hydrogens (primary N) is 1. The topological polar surface area (TPSA) is 68.9 Å². The summed E-state index contributed by atoms with van der Waals surface area (Å²) in [4.78, 5) is 4.49. The first-order valence-corrected chi connectivity index (χ1v) is 8.67. The van der Waals surface area contributed by atoms with E-state index < -0.39 is 0 Å². The molecule has 23 heavy (non-hydrogen) atoms. The van der Waals surface area contributed by atoms with Crippen molar-refractivity contribution in [2.24, 2.45) is 10.7 Å². The molecule has 0 bridgehead atoms. The molecule has 1 aromatic carbocycles. The fourth-order valence-corrected chi connectivity index (χ4v) is 3.39. The number of aliphatic imine (C=N–C) groups is 1. The van der Waals surface area contributed by atoms with Crippen molar-refractivity contribution in [2.45, 2.75) is 64.6 Å². The summed E-state index contributed by atoms with van der Waals surface area (Å²) in [6.07, 6.45) is 6.09. The van der Waals surface area contributed by atoms with Gasteiger partial charge in [-0.1, -0.05) is 12.8 Å². The van der Waals surface area contributed by atoms with Crippen molar-refractivity contribution >= 4 is 5.96 Å². The van der Waals surface area contributed by atoms with E-state index in [0.717, 1.165) is 23.5 Å². The number of ether oxygens (including phenoxy) is 2. The van der Waals surface area contributed by atoms with E-state index in [1.54, 1.807) is 0 Å². The van der Waals surface area contributed by atoms with E-state index in [1.807, 2.05) is 6.92 Å². The van der Waals surface area contributed by atoms with Crippen LogP contribution in [0.4, 0.5) is 0 Å². The molecule has 3 rings (SSSR count). The monoisotopic (exact) mass is 317 g/mol. The molecule has 1 atom stereocenters. The summed E-state index contributed by atoms with van der Waals surface area (Å²) in [5.41, 5.74) is 8.26. The Balaban J connectivity index is 1.71. The Hall–Kier alpha value is -1.91. The van der Waals surface area contributed by atoms with Crippen LogP contribution >= 0.6 is 0 Å². The highest BCUT2D eigenvalue weighted by Crippen LogP contribution is 2.35. The van der Waals surface area contributed by atoms with Crippen molar-refractivity contribution in [3.05, 3.63) is 23.3 Å². The Morgan fingerprint density at radius 2 is 2.17 bits per heavy atom.